The molecule has 0 aliphatic carbocycles. The van der Waals surface area contributed by atoms with Crippen LogP contribution in [-0.2, 0) is 53.2 Å². The molecule has 0 radical (unpaired) electrons. The first-order valence-corrected chi connectivity index (χ1v) is 16.7. The fraction of sp³-hybridized carbons (Fsp3) is 0.741. The lowest BCUT2D eigenvalue weighted by Crippen LogP contribution is -2.54. The number of carboxylic acids is 2. The molecule has 0 saturated carbocycles. The van der Waals surface area contributed by atoms with E-state index in [1.807, 2.05) is 0 Å². The van der Waals surface area contributed by atoms with Gasteiger partial charge in [0.15, 0.2) is 0 Å². The third kappa shape index (κ3) is 23.1. The summed E-state index contributed by atoms with van der Waals surface area (Å²) in [5, 5.41) is 30.4. The minimum Gasteiger partial charge on any atom is -0.480 e. The molecular formula is C27H47N5O14S. The fourth-order valence-electron chi connectivity index (χ4n) is 3.75. The van der Waals surface area contributed by atoms with Crippen LogP contribution in [0.15, 0.2) is 0 Å². The van der Waals surface area contributed by atoms with Gasteiger partial charge in [-0.15, -0.1) is 0 Å². The molecule has 0 rings (SSSR count). The Morgan fingerprint density at radius 2 is 1.26 bits per heavy atom. The SMILES string of the molecule is CCCC(=O)NC(CS(=O)(=O)O)C(=O)NC(CCC(=O)NCCOCCOCC(=O)NC(CCCCNC(=O)CC)C(=O)O)C(=O)O. The van der Waals surface area contributed by atoms with Crippen molar-refractivity contribution in [3.63, 3.8) is 0 Å². The molecule has 8 N–H and O–H groups in total. The fourth-order valence-corrected chi connectivity index (χ4v) is 4.40. The number of hydrogen-bond acceptors (Lipinski definition) is 11. The Kier molecular flexibility index (Phi) is 22.3. The second-order valence-electron chi connectivity index (χ2n) is 10.2. The summed E-state index contributed by atoms with van der Waals surface area (Å²) in [5.41, 5.74) is 0. The first-order chi connectivity index (χ1) is 22.1. The van der Waals surface area contributed by atoms with E-state index in [1.54, 1.807) is 13.8 Å². The van der Waals surface area contributed by atoms with Crippen molar-refractivity contribution < 1.29 is 66.2 Å². The number of carbonyl (C=O) groups excluding carboxylic acids is 5. The zero-order chi connectivity index (χ0) is 35.8. The van der Waals surface area contributed by atoms with E-state index >= 15 is 0 Å². The van der Waals surface area contributed by atoms with E-state index in [4.69, 9.17) is 14.0 Å². The monoisotopic (exact) mass is 697 g/mol. The van der Waals surface area contributed by atoms with Gasteiger partial charge in [0.1, 0.15) is 30.5 Å². The van der Waals surface area contributed by atoms with Crippen molar-refractivity contribution >= 4 is 51.6 Å². The second-order valence-corrected chi connectivity index (χ2v) is 11.7. The highest BCUT2D eigenvalue weighted by Gasteiger charge is 2.30. The number of amides is 5. The highest BCUT2D eigenvalue weighted by atomic mass is 32.2. The van der Waals surface area contributed by atoms with E-state index in [-0.39, 0.29) is 58.0 Å². The molecular weight excluding hydrogens is 650 g/mol. The van der Waals surface area contributed by atoms with Crippen molar-refractivity contribution in [2.75, 3.05) is 45.3 Å². The summed E-state index contributed by atoms with van der Waals surface area (Å²) < 4.78 is 42.0. The first kappa shape index (κ1) is 43.1. The number of aliphatic carboxylic acids is 2. The average Bonchev–Trinajstić information content (AvgIpc) is 2.98. The molecule has 5 amide bonds. The Bertz CT molecular complexity index is 1150. The van der Waals surface area contributed by atoms with E-state index < -0.39 is 76.2 Å². The van der Waals surface area contributed by atoms with Gasteiger partial charge in [-0.1, -0.05) is 13.8 Å². The summed E-state index contributed by atoms with van der Waals surface area (Å²) in [5.74, 6) is -7.03. The molecule has 20 heteroatoms. The number of carboxylic acid groups (broad SMARTS) is 2. The van der Waals surface area contributed by atoms with Gasteiger partial charge >= 0.3 is 11.9 Å². The Hall–Kier alpha value is -3.88. The zero-order valence-electron chi connectivity index (χ0n) is 26.6. The highest BCUT2D eigenvalue weighted by Crippen LogP contribution is 2.03. The predicted octanol–water partition coefficient (Wildman–Crippen LogP) is -2.08. The van der Waals surface area contributed by atoms with Crippen LogP contribution < -0.4 is 26.6 Å². The quantitative estimate of drug-likeness (QED) is 0.0338. The molecule has 0 bridgehead atoms. The second kappa shape index (κ2) is 24.3. The lowest BCUT2D eigenvalue weighted by atomic mass is 10.1. The number of hydrogen-bond donors (Lipinski definition) is 8. The number of unbranched alkanes of at least 4 members (excludes halogenated alkanes) is 1. The van der Waals surface area contributed by atoms with Gasteiger partial charge in [0.2, 0.25) is 29.5 Å². The van der Waals surface area contributed by atoms with Crippen LogP contribution in [0.1, 0.15) is 65.2 Å². The van der Waals surface area contributed by atoms with Gasteiger partial charge in [0.25, 0.3) is 10.1 Å². The number of carbonyl (C=O) groups is 7. The van der Waals surface area contributed by atoms with Crippen LogP contribution in [0.4, 0.5) is 0 Å². The summed E-state index contributed by atoms with van der Waals surface area (Å²) in [6, 6.07) is -4.45. The third-order valence-corrected chi connectivity index (χ3v) is 6.91. The summed E-state index contributed by atoms with van der Waals surface area (Å²) in [6.07, 6.45) is 1.21. The van der Waals surface area contributed by atoms with Gasteiger partial charge in [-0.05, 0) is 32.1 Å². The lowest BCUT2D eigenvalue weighted by molar-refractivity contribution is -0.143. The van der Waals surface area contributed by atoms with Gasteiger partial charge in [-0.3, -0.25) is 28.5 Å². The highest BCUT2D eigenvalue weighted by molar-refractivity contribution is 7.85. The Morgan fingerprint density at radius 3 is 1.85 bits per heavy atom. The largest absolute Gasteiger partial charge is 0.480 e. The molecule has 270 valence electrons. The third-order valence-electron chi connectivity index (χ3n) is 6.15. The molecule has 0 aromatic carbocycles. The summed E-state index contributed by atoms with van der Waals surface area (Å²) in [6.45, 7) is 3.50. The molecule has 0 heterocycles. The summed E-state index contributed by atoms with van der Waals surface area (Å²) in [4.78, 5) is 82.6. The number of rotatable bonds is 27. The van der Waals surface area contributed by atoms with E-state index in [0.29, 0.717) is 32.2 Å². The van der Waals surface area contributed by atoms with E-state index in [2.05, 4.69) is 26.6 Å². The molecule has 0 aliphatic rings. The molecule has 19 nitrogen and oxygen atoms in total. The van der Waals surface area contributed by atoms with Gasteiger partial charge in [0, 0.05) is 32.4 Å². The maximum Gasteiger partial charge on any atom is 0.326 e. The van der Waals surface area contributed by atoms with Crippen LogP contribution in [0, 0.1) is 0 Å². The summed E-state index contributed by atoms with van der Waals surface area (Å²) >= 11 is 0. The number of nitrogens with one attached hydrogen (secondary N) is 5. The Balaban J connectivity index is 4.34. The van der Waals surface area contributed by atoms with Gasteiger partial charge in [-0.2, -0.15) is 8.42 Å². The topological polar surface area (TPSA) is 293 Å². The average molecular weight is 698 g/mol. The molecule has 0 saturated heterocycles. The van der Waals surface area contributed by atoms with Gasteiger partial charge < -0.3 is 46.3 Å². The van der Waals surface area contributed by atoms with Gasteiger partial charge in [0.05, 0.1) is 19.8 Å². The van der Waals surface area contributed by atoms with Crippen molar-refractivity contribution in [2.24, 2.45) is 0 Å². The minimum atomic E-state index is -4.70. The molecule has 0 spiro atoms. The van der Waals surface area contributed by atoms with Crippen molar-refractivity contribution in [2.45, 2.75) is 83.3 Å². The molecule has 47 heavy (non-hydrogen) atoms. The maximum absolute atomic E-state index is 12.5. The molecule has 0 aliphatic heterocycles. The molecule has 0 fully saturated rings. The van der Waals surface area contributed by atoms with Crippen molar-refractivity contribution in [3.05, 3.63) is 0 Å². The number of ether oxygens (including phenoxy) is 2. The molecule has 0 aromatic rings. The molecule has 0 aromatic heterocycles. The standard InChI is InChI=1S/C27H47N5O14S/c1-3-7-23(35)31-20(17-47(42,43)44)25(37)32-19(27(40)41)9-10-22(34)29-12-13-45-14-15-46-16-24(36)30-18(26(38)39)8-5-6-11-28-21(33)4-2/h18-20H,3-17H2,1-2H3,(H,28,33)(H,29,34)(H,30,36)(H,31,35)(H,32,37)(H,38,39)(H,40,41)(H,42,43,44). The van der Waals surface area contributed by atoms with Crippen LogP contribution in [0.2, 0.25) is 0 Å². The maximum atomic E-state index is 12.5. The van der Waals surface area contributed by atoms with Crippen molar-refractivity contribution in [1.29, 1.82) is 0 Å². The Morgan fingerprint density at radius 1 is 0.660 bits per heavy atom. The Labute approximate surface area is 273 Å². The molecule has 3 atom stereocenters. The van der Waals surface area contributed by atoms with Crippen molar-refractivity contribution in [3.8, 4) is 0 Å². The zero-order valence-corrected chi connectivity index (χ0v) is 27.4. The van der Waals surface area contributed by atoms with Crippen LogP contribution in [-0.4, -0.2) is 128 Å². The summed E-state index contributed by atoms with van der Waals surface area (Å²) in [7, 11) is -4.70. The van der Waals surface area contributed by atoms with Crippen LogP contribution >= 0.6 is 0 Å². The molecule has 3 unspecified atom stereocenters. The minimum absolute atomic E-state index is 0.00625. The van der Waals surface area contributed by atoms with E-state index in [9.17, 15) is 52.2 Å². The van der Waals surface area contributed by atoms with Gasteiger partial charge in [-0.25, -0.2) is 9.59 Å². The van der Waals surface area contributed by atoms with E-state index in [1.165, 1.54) is 0 Å². The predicted molar refractivity (Wildman–Crippen MR) is 163 cm³/mol. The van der Waals surface area contributed by atoms with Crippen LogP contribution in [0.25, 0.3) is 0 Å². The smallest absolute Gasteiger partial charge is 0.326 e. The van der Waals surface area contributed by atoms with Crippen LogP contribution in [0.3, 0.4) is 0 Å². The van der Waals surface area contributed by atoms with Crippen LogP contribution in [0.5, 0.6) is 0 Å². The van der Waals surface area contributed by atoms with E-state index in [0.717, 1.165) is 0 Å². The normalized spacial score (nSPS) is 13.0. The van der Waals surface area contributed by atoms with Crippen molar-refractivity contribution in [1.82, 2.24) is 26.6 Å². The first-order valence-electron chi connectivity index (χ1n) is 15.1. The lowest BCUT2D eigenvalue weighted by Gasteiger charge is -2.20.